The largest absolute Gasteiger partial charge is 0.357 e. The highest BCUT2D eigenvalue weighted by atomic mass is 79.9. The summed E-state index contributed by atoms with van der Waals surface area (Å²) in [5.74, 6) is -0.352. The molecule has 72 valence electrons. The highest BCUT2D eigenvalue weighted by Crippen LogP contribution is 2.15. The van der Waals surface area contributed by atoms with Crippen molar-refractivity contribution >= 4 is 26.8 Å². The number of H-pyrrole nitrogens is 1. The highest BCUT2D eigenvalue weighted by Gasteiger charge is 2.06. The van der Waals surface area contributed by atoms with Gasteiger partial charge in [0.25, 0.3) is 0 Å². The lowest BCUT2D eigenvalue weighted by Gasteiger charge is -2.02. The van der Waals surface area contributed by atoms with E-state index in [9.17, 15) is 9.18 Å². The molecule has 0 radical (unpaired) electrons. The van der Waals surface area contributed by atoms with Crippen LogP contribution in [0.25, 0.3) is 10.9 Å². The van der Waals surface area contributed by atoms with Crippen molar-refractivity contribution in [1.29, 1.82) is 0 Å². The van der Waals surface area contributed by atoms with Crippen LogP contribution in [-0.4, -0.2) is 4.98 Å². The second-order valence-electron chi connectivity index (χ2n) is 3.08. The summed E-state index contributed by atoms with van der Waals surface area (Å²) in [7, 11) is 0. The first kappa shape index (κ1) is 9.40. The number of aryl methyl sites for hydroxylation is 1. The molecule has 1 aromatic carbocycles. The fraction of sp³-hybridized carbons (Fsp3) is 0.100. The Labute approximate surface area is 87.9 Å². The Hall–Kier alpha value is -1.16. The van der Waals surface area contributed by atoms with Gasteiger partial charge < -0.3 is 4.98 Å². The van der Waals surface area contributed by atoms with Crippen LogP contribution >= 0.6 is 15.9 Å². The van der Waals surface area contributed by atoms with Crippen molar-refractivity contribution in [3.63, 3.8) is 0 Å². The summed E-state index contributed by atoms with van der Waals surface area (Å²) < 4.78 is 13.4. The molecule has 1 aromatic heterocycles. The molecule has 1 heterocycles. The normalized spacial score (nSPS) is 10.8. The summed E-state index contributed by atoms with van der Waals surface area (Å²) in [6.45, 7) is 1.76. The number of fused-ring (bicyclic) bond motifs is 1. The van der Waals surface area contributed by atoms with E-state index in [4.69, 9.17) is 0 Å². The van der Waals surface area contributed by atoms with Crippen molar-refractivity contribution in [3.05, 3.63) is 44.4 Å². The Bertz CT molecular complexity index is 562. The third kappa shape index (κ3) is 1.35. The molecule has 0 aliphatic carbocycles. The van der Waals surface area contributed by atoms with Gasteiger partial charge in [0.2, 0.25) is 5.43 Å². The van der Waals surface area contributed by atoms with Gasteiger partial charge in [0.15, 0.2) is 0 Å². The average molecular weight is 256 g/mol. The van der Waals surface area contributed by atoms with Crippen LogP contribution in [0.15, 0.2) is 27.5 Å². The second-order valence-corrected chi connectivity index (χ2v) is 3.88. The van der Waals surface area contributed by atoms with Crippen molar-refractivity contribution in [3.8, 4) is 0 Å². The Morgan fingerprint density at radius 1 is 1.43 bits per heavy atom. The maximum absolute atomic E-state index is 12.9. The van der Waals surface area contributed by atoms with Crippen molar-refractivity contribution < 1.29 is 4.39 Å². The first-order valence-corrected chi connectivity index (χ1v) is 4.86. The van der Waals surface area contributed by atoms with Gasteiger partial charge in [-0.1, -0.05) is 0 Å². The van der Waals surface area contributed by atoms with E-state index in [1.54, 1.807) is 6.92 Å². The predicted octanol–water partition coefficient (Wildman–Crippen LogP) is 2.74. The van der Waals surface area contributed by atoms with E-state index in [-0.39, 0.29) is 11.2 Å². The molecule has 0 fully saturated rings. The highest BCUT2D eigenvalue weighted by molar-refractivity contribution is 9.10. The molecule has 0 amide bonds. The molecule has 0 aliphatic heterocycles. The van der Waals surface area contributed by atoms with Crippen LogP contribution < -0.4 is 5.43 Å². The minimum Gasteiger partial charge on any atom is -0.357 e. The molecule has 2 nitrogen and oxygen atoms in total. The molecule has 2 rings (SSSR count). The lowest BCUT2D eigenvalue weighted by molar-refractivity contribution is 0.629. The zero-order valence-corrected chi connectivity index (χ0v) is 8.98. The minimum absolute atomic E-state index is 0.115. The maximum Gasteiger partial charge on any atom is 0.203 e. The molecular weight excluding hydrogens is 249 g/mol. The van der Waals surface area contributed by atoms with Gasteiger partial charge in [-0.3, -0.25) is 4.79 Å². The number of hydrogen-bond acceptors (Lipinski definition) is 1. The molecule has 0 unspecified atom stereocenters. The number of pyridine rings is 1. The molecule has 14 heavy (non-hydrogen) atoms. The lowest BCUT2D eigenvalue weighted by atomic mass is 10.2. The van der Waals surface area contributed by atoms with Crippen molar-refractivity contribution in [1.82, 2.24) is 4.98 Å². The Morgan fingerprint density at radius 3 is 2.86 bits per heavy atom. The van der Waals surface area contributed by atoms with E-state index in [1.165, 1.54) is 18.2 Å². The molecular formula is C10H7BrFNO. The smallest absolute Gasteiger partial charge is 0.203 e. The van der Waals surface area contributed by atoms with E-state index in [0.29, 0.717) is 21.1 Å². The number of nitrogens with one attached hydrogen (secondary N) is 1. The summed E-state index contributed by atoms with van der Waals surface area (Å²) in [5.41, 5.74) is 1.11. The number of halogens is 2. The summed E-state index contributed by atoms with van der Waals surface area (Å²) in [4.78, 5) is 14.6. The molecule has 0 saturated heterocycles. The average Bonchev–Trinajstić information content (AvgIpc) is 2.14. The van der Waals surface area contributed by atoms with E-state index >= 15 is 0 Å². The van der Waals surface area contributed by atoms with Crippen molar-refractivity contribution in [2.24, 2.45) is 0 Å². The van der Waals surface area contributed by atoms with Crippen LogP contribution in [0, 0.1) is 12.7 Å². The van der Waals surface area contributed by atoms with Gasteiger partial charge in [0.05, 0.1) is 9.99 Å². The third-order valence-corrected chi connectivity index (χ3v) is 3.03. The number of hydrogen-bond donors (Lipinski definition) is 1. The van der Waals surface area contributed by atoms with Crippen LogP contribution in [0.5, 0.6) is 0 Å². The van der Waals surface area contributed by atoms with Gasteiger partial charge in [-0.15, -0.1) is 0 Å². The van der Waals surface area contributed by atoms with Crippen LogP contribution in [-0.2, 0) is 0 Å². The number of benzene rings is 1. The molecule has 4 heteroatoms. The second kappa shape index (κ2) is 3.20. The Kier molecular flexibility index (Phi) is 2.15. The maximum atomic E-state index is 12.9. The summed E-state index contributed by atoms with van der Waals surface area (Å²) in [6.07, 6.45) is 0. The van der Waals surface area contributed by atoms with Crippen molar-refractivity contribution in [2.75, 3.05) is 0 Å². The molecule has 0 aliphatic rings. The predicted molar refractivity (Wildman–Crippen MR) is 57.0 cm³/mol. The minimum atomic E-state index is -0.352. The van der Waals surface area contributed by atoms with Gasteiger partial charge in [0.1, 0.15) is 5.82 Å². The van der Waals surface area contributed by atoms with Crippen LogP contribution in [0.4, 0.5) is 4.39 Å². The number of aromatic nitrogens is 1. The van der Waals surface area contributed by atoms with E-state index < -0.39 is 0 Å². The van der Waals surface area contributed by atoms with Crippen molar-refractivity contribution in [2.45, 2.75) is 6.92 Å². The first-order chi connectivity index (χ1) is 6.59. The van der Waals surface area contributed by atoms with E-state index in [2.05, 4.69) is 20.9 Å². The van der Waals surface area contributed by atoms with Gasteiger partial charge in [-0.25, -0.2) is 4.39 Å². The molecule has 2 aromatic rings. The summed E-state index contributed by atoms with van der Waals surface area (Å²) >= 11 is 3.18. The fourth-order valence-corrected chi connectivity index (χ4v) is 1.68. The lowest BCUT2D eigenvalue weighted by Crippen LogP contribution is -2.06. The number of aromatic amines is 1. The summed E-state index contributed by atoms with van der Waals surface area (Å²) in [5, 5.41) is 0.490. The molecule has 0 spiro atoms. The van der Waals surface area contributed by atoms with E-state index in [0.717, 1.165) is 0 Å². The van der Waals surface area contributed by atoms with Crippen LogP contribution in [0.1, 0.15) is 5.69 Å². The Morgan fingerprint density at radius 2 is 2.14 bits per heavy atom. The third-order valence-electron chi connectivity index (χ3n) is 2.08. The Balaban J connectivity index is 2.98. The molecule has 0 bridgehead atoms. The zero-order chi connectivity index (χ0) is 10.3. The SMILES string of the molecule is Cc1[nH]c2cc(F)ccc2c(=O)c1Br. The zero-order valence-electron chi connectivity index (χ0n) is 7.40. The molecule has 1 N–H and O–H groups in total. The molecule has 0 saturated carbocycles. The van der Waals surface area contributed by atoms with Gasteiger partial charge in [0, 0.05) is 11.1 Å². The van der Waals surface area contributed by atoms with Crippen LogP contribution in [0.2, 0.25) is 0 Å². The fourth-order valence-electron chi connectivity index (χ4n) is 1.36. The van der Waals surface area contributed by atoms with Gasteiger partial charge >= 0.3 is 0 Å². The first-order valence-electron chi connectivity index (χ1n) is 4.07. The monoisotopic (exact) mass is 255 g/mol. The van der Waals surface area contributed by atoms with E-state index in [1.807, 2.05) is 0 Å². The van der Waals surface area contributed by atoms with Gasteiger partial charge in [-0.05, 0) is 41.1 Å². The van der Waals surface area contributed by atoms with Gasteiger partial charge in [-0.2, -0.15) is 0 Å². The topological polar surface area (TPSA) is 32.9 Å². The quantitative estimate of drug-likeness (QED) is 0.772. The standard InChI is InChI=1S/C10H7BrFNO/c1-5-9(11)10(14)7-3-2-6(12)4-8(7)13-5/h2-4H,1H3,(H,13,14). The summed E-state index contributed by atoms with van der Waals surface area (Å²) in [6, 6.07) is 4.07. The molecule has 0 atom stereocenters. The number of rotatable bonds is 0. The van der Waals surface area contributed by atoms with Crippen LogP contribution in [0.3, 0.4) is 0 Å².